The number of fused-ring (bicyclic) bond motifs is 1. The first-order valence-corrected chi connectivity index (χ1v) is 10.3. The summed E-state index contributed by atoms with van der Waals surface area (Å²) in [7, 11) is 3.83. The van der Waals surface area contributed by atoms with Crippen LogP contribution in [-0.2, 0) is 6.42 Å². The van der Waals surface area contributed by atoms with E-state index in [0.29, 0.717) is 0 Å². The predicted molar refractivity (Wildman–Crippen MR) is 120 cm³/mol. The standard InChI is InChI=1S/C25H28N2O2/c1-4-5-20-14-19(7-9-24(20)29-3)22-15-23-8-6-21(17-27(23)25(28)16-22)18-10-12-26(2)13-11-18/h6-10,14-17H,4-5,11-13H2,1-3H3. The summed E-state index contributed by atoms with van der Waals surface area (Å²) in [4.78, 5) is 15.2. The van der Waals surface area contributed by atoms with Crippen LogP contribution in [0.15, 0.2) is 59.5 Å². The minimum absolute atomic E-state index is 0.000682. The fraction of sp³-hybridized carbons (Fsp3) is 0.320. The van der Waals surface area contributed by atoms with Crippen LogP contribution >= 0.6 is 0 Å². The molecule has 0 saturated heterocycles. The maximum absolute atomic E-state index is 12.9. The first-order chi connectivity index (χ1) is 14.1. The number of likely N-dealkylation sites (N-methyl/N-ethyl adjacent to an activating group) is 1. The van der Waals surface area contributed by atoms with Gasteiger partial charge in [-0.3, -0.25) is 9.20 Å². The molecule has 1 aliphatic rings. The maximum Gasteiger partial charge on any atom is 0.255 e. The van der Waals surface area contributed by atoms with Crippen molar-refractivity contribution in [3.05, 3.63) is 76.2 Å². The summed E-state index contributed by atoms with van der Waals surface area (Å²) in [6.45, 7) is 4.17. The SMILES string of the molecule is CCCc1cc(-c2cc(=O)n3cc(C4=CCN(C)CC4)ccc3c2)ccc1OC. The van der Waals surface area contributed by atoms with Crippen LogP contribution in [0.4, 0.5) is 0 Å². The van der Waals surface area contributed by atoms with Gasteiger partial charge in [0.15, 0.2) is 0 Å². The van der Waals surface area contributed by atoms with E-state index >= 15 is 0 Å². The Labute approximate surface area is 172 Å². The second-order valence-electron chi connectivity index (χ2n) is 7.81. The van der Waals surface area contributed by atoms with Crippen molar-refractivity contribution in [2.24, 2.45) is 0 Å². The first kappa shape index (κ1) is 19.5. The van der Waals surface area contributed by atoms with E-state index < -0.39 is 0 Å². The summed E-state index contributed by atoms with van der Waals surface area (Å²) >= 11 is 0. The van der Waals surface area contributed by atoms with E-state index in [0.717, 1.165) is 60.3 Å². The van der Waals surface area contributed by atoms with Gasteiger partial charge < -0.3 is 9.64 Å². The molecule has 0 fully saturated rings. The summed E-state index contributed by atoms with van der Waals surface area (Å²) in [6, 6.07) is 14.2. The Bertz CT molecular complexity index is 1130. The molecule has 0 spiro atoms. The zero-order valence-electron chi connectivity index (χ0n) is 17.4. The largest absolute Gasteiger partial charge is 0.496 e. The highest BCUT2D eigenvalue weighted by Gasteiger charge is 2.12. The van der Waals surface area contributed by atoms with Crippen molar-refractivity contribution in [3.63, 3.8) is 0 Å². The maximum atomic E-state index is 12.9. The normalized spacial score (nSPS) is 14.8. The van der Waals surface area contributed by atoms with E-state index in [1.165, 1.54) is 11.1 Å². The molecule has 3 aromatic rings. The molecule has 0 aliphatic carbocycles. The molecule has 4 heteroatoms. The minimum Gasteiger partial charge on any atom is -0.496 e. The van der Waals surface area contributed by atoms with Crippen LogP contribution < -0.4 is 10.3 Å². The molecule has 1 aliphatic heterocycles. The average molecular weight is 389 g/mol. The number of ether oxygens (including phenoxy) is 1. The Morgan fingerprint density at radius 1 is 1.03 bits per heavy atom. The number of aryl methyl sites for hydroxylation is 1. The lowest BCUT2D eigenvalue weighted by atomic mass is 9.99. The van der Waals surface area contributed by atoms with Gasteiger partial charge in [0, 0.05) is 30.9 Å². The lowest BCUT2D eigenvalue weighted by molar-refractivity contribution is 0.370. The Hall–Kier alpha value is -2.85. The number of methoxy groups -OCH3 is 1. The van der Waals surface area contributed by atoms with E-state index in [9.17, 15) is 4.79 Å². The van der Waals surface area contributed by atoms with Crippen molar-refractivity contribution in [3.8, 4) is 16.9 Å². The summed E-state index contributed by atoms with van der Waals surface area (Å²) in [5, 5.41) is 0. The number of benzene rings is 1. The van der Waals surface area contributed by atoms with Crippen LogP contribution in [0.1, 0.15) is 30.9 Å². The van der Waals surface area contributed by atoms with Crippen LogP contribution in [0.3, 0.4) is 0 Å². The van der Waals surface area contributed by atoms with Crippen molar-refractivity contribution >= 4 is 11.1 Å². The molecule has 4 nitrogen and oxygen atoms in total. The molecule has 29 heavy (non-hydrogen) atoms. The van der Waals surface area contributed by atoms with Gasteiger partial charge in [-0.25, -0.2) is 0 Å². The van der Waals surface area contributed by atoms with Gasteiger partial charge in [-0.1, -0.05) is 31.6 Å². The van der Waals surface area contributed by atoms with Crippen LogP contribution in [0.25, 0.3) is 22.2 Å². The van der Waals surface area contributed by atoms with Gasteiger partial charge in [0.05, 0.1) is 7.11 Å². The van der Waals surface area contributed by atoms with Gasteiger partial charge in [0.1, 0.15) is 5.75 Å². The molecule has 3 heterocycles. The molecule has 0 radical (unpaired) electrons. The number of aromatic nitrogens is 1. The van der Waals surface area contributed by atoms with Gasteiger partial charge in [-0.15, -0.1) is 0 Å². The van der Waals surface area contributed by atoms with Crippen molar-refractivity contribution in [2.75, 3.05) is 27.2 Å². The fourth-order valence-corrected chi connectivity index (χ4v) is 4.04. The summed E-state index contributed by atoms with van der Waals surface area (Å²) in [6.07, 6.45) is 7.26. The molecule has 0 bridgehead atoms. The van der Waals surface area contributed by atoms with Crippen molar-refractivity contribution in [2.45, 2.75) is 26.2 Å². The van der Waals surface area contributed by atoms with Gasteiger partial charge >= 0.3 is 0 Å². The molecule has 2 aromatic heterocycles. The molecule has 0 saturated carbocycles. The van der Waals surface area contributed by atoms with E-state index in [1.54, 1.807) is 17.6 Å². The highest BCUT2D eigenvalue weighted by molar-refractivity contribution is 5.72. The summed E-state index contributed by atoms with van der Waals surface area (Å²) < 4.78 is 7.24. The van der Waals surface area contributed by atoms with E-state index in [-0.39, 0.29) is 5.56 Å². The average Bonchev–Trinajstić information content (AvgIpc) is 2.74. The van der Waals surface area contributed by atoms with Crippen molar-refractivity contribution < 1.29 is 4.74 Å². The third-order valence-corrected chi connectivity index (χ3v) is 5.72. The number of nitrogens with zero attached hydrogens (tertiary/aromatic N) is 2. The molecule has 0 N–H and O–H groups in total. The second kappa shape index (κ2) is 8.26. The molecule has 4 rings (SSSR count). The second-order valence-corrected chi connectivity index (χ2v) is 7.81. The Morgan fingerprint density at radius 2 is 1.86 bits per heavy atom. The van der Waals surface area contributed by atoms with Gasteiger partial charge in [-0.2, -0.15) is 0 Å². The Balaban J connectivity index is 1.74. The Kier molecular flexibility index (Phi) is 5.54. The van der Waals surface area contributed by atoms with Gasteiger partial charge in [0.25, 0.3) is 5.56 Å². The highest BCUT2D eigenvalue weighted by atomic mass is 16.5. The molecular formula is C25H28N2O2. The van der Waals surface area contributed by atoms with Crippen LogP contribution in [-0.4, -0.2) is 36.5 Å². The topological polar surface area (TPSA) is 34.0 Å². The van der Waals surface area contributed by atoms with E-state index in [4.69, 9.17) is 4.74 Å². The van der Waals surface area contributed by atoms with Crippen LogP contribution in [0.2, 0.25) is 0 Å². The molecule has 0 unspecified atom stereocenters. The fourth-order valence-electron chi connectivity index (χ4n) is 4.04. The molecule has 0 amide bonds. The lowest BCUT2D eigenvalue weighted by Crippen LogP contribution is -2.23. The predicted octanol–water partition coefficient (Wildman–Crippen LogP) is 4.65. The molecule has 150 valence electrons. The summed E-state index contributed by atoms with van der Waals surface area (Å²) in [5.74, 6) is 0.907. The quantitative estimate of drug-likeness (QED) is 0.638. The van der Waals surface area contributed by atoms with Crippen LogP contribution in [0.5, 0.6) is 5.75 Å². The third-order valence-electron chi connectivity index (χ3n) is 5.72. The van der Waals surface area contributed by atoms with Gasteiger partial charge in [-0.05, 0) is 72.0 Å². The Morgan fingerprint density at radius 3 is 2.59 bits per heavy atom. The highest BCUT2D eigenvalue weighted by Crippen LogP contribution is 2.28. The van der Waals surface area contributed by atoms with Crippen LogP contribution in [0, 0.1) is 0 Å². The number of rotatable bonds is 5. The van der Waals surface area contributed by atoms with E-state index in [2.05, 4.69) is 49.2 Å². The number of pyridine rings is 2. The third kappa shape index (κ3) is 3.99. The zero-order valence-corrected chi connectivity index (χ0v) is 17.4. The number of hydrogen-bond donors (Lipinski definition) is 0. The van der Waals surface area contributed by atoms with Gasteiger partial charge in [0.2, 0.25) is 0 Å². The smallest absolute Gasteiger partial charge is 0.255 e. The zero-order chi connectivity index (χ0) is 20.4. The minimum atomic E-state index is 0.000682. The van der Waals surface area contributed by atoms with Crippen molar-refractivity contribution in [1.82, 2.24) is 9.30 Å². The van der Waals surface area contributed by atoms with E-state index in [1.807, 2.05) is 18.3 Å². The monoisotopic (exact) mass is 388 g/mol. The lowest BCUT2D eigenvalue weighted by Gasteiger charge is -2.22. The van der Waals surface area contributed by atoms with Crippen molar-refractivity contribution in [1.29, 1.82) is 0 Å². The first-order valence-electron chi connectivity index (χ1n) is 10.3. The molecular weight excluding hydrogens is 360 g/mol. The number of hydrogen-bond acceptors (Lipinski definition) is 3. The molecule has 1 aromatic carbocycles. The molecule has 0 atom stereocenters. The summed E-state index contributed by atoms with van der Waals surface area (Å²) in [5.41, 5.74) is 6.54.